The van der Waals surface area contributed by atoms with Gasteiger partial charge in [-0.1, -0.05) is 19.3 Å². The van der Waals surface area contributed by atoms with Gasteiger partial charge >= 0.3 is 0 Å². The molecule has 0 spiro atoms. The highest BCUT2D eigenvalue weighted by molar-refractivity contribution is 7.91. The lowest BCUT2D eigenvalue weighted by molar-refractivity contribution is 0.0791. The average Bonchev–Trinajstić information content (AvgIpc) is 2.68. The molecule has 17 heavy (non-hydrogen) atoms. The van der Waals surface area contributed by atoms with Crippen LogP contribution >= 0.6 is 0 Å². The van der Waals surface area contributed by atoms with Gasteiger partial charge in [0.2, 0.25) is 0 Å². The first kappa shape index (κ1) is 13.3. The predicted molar refractivity (Wildman–Crippen MR) is 67.7 cm³/mol. The number of rotatable bonds is 4. The van der Waals surface area contributed by atoms with E-state index in [0.717, 1.165) is 25.8 Å². The molecule has 0 aromatic carbocycles. The van der Waals surface area contributed by atoms with Crippen molar-refractivity contribution >= 4 is 9.84 Å². The van der Waals surface area contributed by atoms with Gasteiger partial charge in [-0.15, -0.1) is 0 Å². The summed E-state index contributed by atoms with van der Waals surface area (Å²) in [6, 6.07) is 0.102. The summed E-state index contributed by atoms with van der Waals surface area (Å²) in [5.74, 6) is 0.589. The molecule has 2 fully saturated rings. The maximum absolute atomic E-state index is 11.4. The third-order valence-electron chi connectivity index (χ3n) is 4.25. The maximum atomic E-state index is 11.4. The van der Waals surface area contributed by atoms with Gasteiger partial charge in [0.25, 0.3) is 0 Å². The fraction of sp³-hybridized carbons (Fsp3) is 1.00. The Labute approximate surface area is 104 Å². The Bertz CT molecular complexity index is 347. The van der Waals surface area contributed by atoms with E-state index in [4.69, 9.17) is 0 Å². The summed E-state index contributed by atoms with van der Waals surface area (Å²) in [4.78, 5) is 0. The molecule has 0 bridgehead atoms. The van der Waals surface area contributed by atoms with Crippen molar-refractivity contribution in [2.45, 2.75) is 44.6 Å². The molecule has 5 heteroatoms. The van der Waals surface area contributed by atoms with Crippen LogP contribution in [0.5, 0.6) is 0 Å². The minimum Gasteiger partial charge on any atom is -0.396 e. The van der Waals surface area contributed by atoms with E-state index in [-0.39, 0.29) is 23.8 Å². The SMILES string of the molecule is O=S1(=O)CCC(NCC2(CO)CCCCC2)C1. The van der Waals surface area contributed by atoms with E-state index in [1.54, 1.807) is 0 Å². The number of nitrogens with one attached hydrogen (secondary N) is 1. The Hall–Kier alpha value is -0.130. The second-order valence-corrected chi connectivity index (χ2v) is 7.93. The van der Waals surface area contributed by atoms with E-state index in [0.29, 0.717) is 5.75 Å². The number of aliphatic hydroxyl groups excluding tert-OH is 1. The van der Waals surface area contributed by atoms with Crippen LogP contribution in [0.3, 0.4) is 0 Å². The molecule has 0 radical (unpaired) electrons. The standard InChI is InChI=1S/C12H23NO3S/c14-10-12(5-2-1-3-6-12)9-13-11-4-7-17(15,16)8-11/h11,13-14H,1-10H2. The number of aliphatic hydroxyl groups is 1. The molecule has 2 rings (SSSR count). The molecule has 4 nitrogen and oxygen atoms in total. The van der Waals surface area contributed by atoms with Crippen LogP contribution in [0.2, 0.25) is 0 Å². The molecule has 1 aliphatic carbocycles. The number of sulfone groups is 1. The van der Waals surface area contributed by atoms with Crippen molar-refractivity contribution in [3.8, 4) is 0 Å². The van der Waals surface area contributed by atoms with Gasteiger partial charge in [-0.3, -0.25) is 0 Å². The summed E-state index contributed by atoms with van der Waals surface area (Å²) in [5, 5.41) is 12.9. The molecule has 1 aliphatic heterocycles. The molecule has 1 heterocycles. The first-order chi connectivity index (χ1) is 8.05. The van der Waals surface area contributed by atoms with Crippen LogP contribution in [0.15, 0.2) is 0 Å². The lowest BCUT2D eigenvalue weighted by Crippen LogP contribution is -2.43. The minimum atomic E-state index is -2.80. The molecule has 1 unspecified atom stereocenters. The monoisotopic (exact) mass is 261 g/mol. The highest BCUT2D eigenvalue weighted by atomic mass is 32.2. The molecule has 1 saturated carbocycles. The van der Waals surface area contributed by atoms with Gasteiger partial charge < -0.3 is 10.4 Å². The molecule has 0 aromatic heterocycles. The zero-order chi connectivity index (χ0) is 12.4. The summed E-state index contributed by atoms with van der Waals surface area (Å²) in [6.45, 7) is 0.989. The van der Waals surface area contributed by atoms with Crippen molar-refractivity contribution in [2.24, 2.45) is 5.41 Å². The van der Waals surface area contributed by atoms with Crippen LogP contribution in [-0.4, -0.2) is 44.2 Å². The van der Waals surface area contributed by atoms with Gasteiger partial charge in [0.05, 0.1) is 11.5 Å². The highest BCUT2D eigenvalue weighted by Gasteiger charge is 2.34. The van der Waals surface area contributed by atoms with Crippen molar-refractivity contribution in [2.75, 3.05) is 24.7 Å². The molecule has 2 N–H and O–H groups in total. The molecular weight excluding hydrogens is 238 g/mol. The van der Waals surface area contributed by atoms with Crippen molar-refractivity contribution in [1.29, 1.82) is 0 Å². The van der Waals surface area contributed by atoms with Gasteiger partial charge in [0.1, 0.15) is 0 Å². The zero-order valence-electron chi connectivity index (χ0n) is 10.3. The summed E-state index contributed by atoms with van der Waals surface area (Å²) < 4.78 is 22.7. The van der Waals surface area contributed by atoms with Crippen molar-refractivity contribution in [3.63, 3.8) is 0 Å². The van der Waals surface area contributed by atoms with Crippen molar-refractivity contribution < 1.29 is 13.5 Å². The maximum Gasteiger partial charge on any atom is 0.151 e. The van der Waals surface area contributed by atoms with Crippen LogP contribution in [0, 0.1) is 5.41 Å². The third kappa shape index (κ3) is 3.42. The largest absolute Gasteiger partial charge is 0.396 e. The van der Waals surface area contributed by atoms with Gasteiger partial charge in [0.15, 0.2) is 9.84 Å². The second kappa shape index (κ2) is 5.24. The first-order valence-electron chi connectivity index (χ1n) is 6.60. The summed E-state index contributed by atoms with van der Waals surface area (Å²) in [6.07, 6.45) is 6.49. The lowest BCUT2D eigenvalue weighted by atomic mass is 9.74. The number of hydrogen-bond donors (Lipinski definition) is 2. The van der Waals surface area contributed by atoms with Crippen LogP contribution in [0.4, 0.5) is 0 Å². The van der Waals surface area contributed by atoms with Crippen LogP contribution < -0.4 is 5.32 Å². The van der Waals surface area contributed by atoms with Gasteiger partial charge in [0, 0.05) is 24.6 Å². The molecule has 0 aromatic rings. The molecule has 0 amide bonds. The van der Waals surface area contributed by atoms with Gasteiger partial charge in [-0.25, -0.2) is 8.42 Å². The molecule has 1 atom stereocenters. The smallest absolute Gasteiger partial charge is 0.151 e. The van der Waals surface area contributed by atoms with Crippen molar-refractivity contribution in [3.05, 3.63) is 0 Å². The highest BCUT2D eigenvalue weighted by Crippen LogP contribution is 2.35. The Balaban J connectivity index is 1.84. The van der Waals surface area contributed by atoms with Crippen LogP contribution in [-0.2, 0) is 9.84 Å². The Kier molecular flexibility index (Phi) is 4.10. The Morgan fingerprint density at radius 1 is 1.24 bits per heavy atom. The van der Waals surface area contributed by atoms with E-state index in [2.05, 4.69) is 5.32 Å². The van der Waals surface area contributed by atoms with E-state index in [1.165, 1.54) is 19.3 Å². The fourth-order valence-electron chi connectivity index (χ4n) is 3.01. The molecule has 100 valence electrons. The minimum absolute atomic E-state index is 0.00457. The number of hydrogen-bond acceptors (Lipinski definition) is 4. The van der Waals surface area contributed by atoms with Crippen molar-refractivity contribution in [1.82, 2.24) is 5.32 Å². The first-order valence-corrected chi connectivity index (χ1v) is 8.42. The topological polar surface area (TPSA) is 66.4 Å². The fourth-order valence-corrected chi connectivity index (χ4v) is 4.72. The predicted octanol–water partition coefficient (Wildman–Crippen LogP) is 0.706. The second-order valence-electron chi connectivity index (χ2n) is 5.70. The summed E-state index contributed by atoms with van der Waals surface area (Å²) >= 11 is 0. The summed E-state index contributed by atoms with van der Waals surface area (Å²) in [5.41, 5.74) is 0.00457. The third-order valence-corrected chi connectivity index (χ3v) is 6.02. The molecular formula is C12H23NO3S. The van der Waals surface area contributed by atoms with Crippen LogP contribution in [0.1, 0.15) is 38.5 Å². The van der Waals surface area contributed by atoms with Gasteiger partial charge in [-0.05, 0) is 19.3 Å². The van der Waals surface area contributed by atoms with Gasteiger partial charge in [-0.2, -0.15) is 0 Å². The molecule has 2 aliphatic rings. The van der Waals surface area contributed by atoms with Crippen LogP contribution in [0.25, 0.3) is 0 Å². The summed E-state index contributed by atoms with van der Waals surface area (Å²) in [7, 11) is -2.80. The zero-order valence-corrected chi connectivity index (χ0v) is 11.1. The van der Waals surface area contributed by atoms with E-state index >= 15 is 0 Å². The Morgan fingerprint density at radius 3 is 2.47 bits per heavy atom. The lowest BCUT2D eigenvalue weighted by Gasteiger charge is -2.36. The van der Waals surface area contributed by atoms with E-state index in [1.807, 2.05) is 0 Å². The normalized spacial score (nSPS) is 31.5. The Morgan fingerprint density at radius 2 is 1.94 bits per heavy atom. The van der Waals surface area contributed by atoms with E-state index < -0.39 is 9.84 Å². The quantitative estimate of drug-likeness (QED) is 0.782. The average molecular weight is 261 g/mol. The molecule has 1 saturated heterocycles. The van der Waals surface area contributed by atoms with E-state index in [9.17, 15) is 13.5 Å².